The van der Waals surface area contributed by atoms with Gasteiger partial charge in [-0.3, -0.25) is 4.79 Å². The van der Waals surface area contributed by atoms with E-state index in [1.54, 1.807) is 17.8 Å². The van der Waals surface area contributed by atoms with E-state index in [0.717, 1.165) is 0 Å². The van der Waals surface area contributed by atoms with Gasteiger partial charge in [-0.05, 0) is 0 Å². The molecule has 2 aromatic heterocycles. The van der Waals surface area contributed by atoms with E-state index in [4.69, 9.17) is 9.52 Å². The number of nitrogens with zero attached hydrogens (tertiary/aromatic N) is 1. The van der Waals surface area contributed by atoms with Gasteiger partial charge in [-0.15, -0.1) is 0 Å². The molecule has 5 heteroatoms. The van der Waals surface area contributed by atoms with Crippen LogP contribution in [-0.2, 0) is 7.05 Å². The van der Waals surface area contributed by atoms with Crippen LogP contribution in [-0.4, -0.2) is 21.9 Å². The van der Waals surface area contributed by atoms with Crippen molar-refractivity contribution in [3.8, 4) is 0 Å². The average Bonchev–Trinajstić information content (AvgIpc) is 2.66. The first-order chi connectivity index (χ1) is 6.63. The van der Waals surface area contributed by atoms with Crippen LogP contribution in [0, 0.1) is 0 Å². The van der Waals surface area contributed by atoms with E-state index in [9.17, 15) is 9.59 Å². The van der Waals surface area contributed by atoms with Crippen LogP contribution >= 0.6 is 0 Å². The zero-order valence-corrected chi connectivity index (χ0v) is 7.35. The highest BCUT2D eigenvalue weighted by molar-refractivity contribution is 5.99. The van der Waals surface area contributed by atoms with Crippen molar-refractivity contribution in [3.05, 3.63) is 23.6 Å². The van der Waals surface area contributed by atoms with Crippen molar-refractivity contribution in [1.29, 1.82) is 0 Å². The van der Waals surface area contributed by atoms with Gasteiger partial charge < -0.3 is 14.1 Å². The standard InChI is InChI=1S/C9H7NO4/c1-10-3-5(4-11)6-2-7(9(12)13)14-8(6)10/h2-4H,1H3,(H,12,13). The van der Waals surface area contributed by atoms with Gasteiger partial charge in [-0.1, -0.05) is 0 Å². The van der Waals surface area contributed by atoms with Crippen LogP contribution in [0.2, 0.25) is 0 Å². The molecule has 2 rings (SSSR count). The SMILES string of the molecule is Cn1cc(C=O)c2cc(C(=O)O)oc21. The molecule has 0 bridgehead atoms. The van der Waals surface area contributed by atoms with Gasteiger partial charge in [0.05, 0.1) is 5.39 Å². The van der Waals surface area contributed by atoms with Crippen molar-refractivity contribution in [1.82, 2.24) is 4.57 Å². The number of hydrogen-bond donors (Lipinski definition) is 1. The summed E-state index contributed by atoms with van der Waals surface area (Å²) in [6.45, 7) is 0. The lowest BCUT2D eigenvalue weighted by molar-refractivity contribution is 0.0664. The summed E-state index contributed by atoms with van der Waals surface area (Å²) in [4.78, 5) is 21.2. The molecule has 0 aliphatic heterocycles. The van der Waals surface area contributed by atoms with Crippen LogP contribution in [0.15, 0.2) is 16.7 Å². The molecule has 0 aliphatic rings. The van der Waals surface area contributed by atoms with E-state index in [1.165, 1.54) is 6.07 Å². The molecule has 14 heavy (non-hydrogen) atoms. The summed E-state index contributed by atoms with van der Waals surface area (Å²) in [6, 6.07) is 1.35. The Morgan fingerprint density at radius 2 is 2.36 bits per heavy atom. The molecule has 1 N–H and O–H groups in total. The third kappa shape index (κ3) is 1.02. The number of aromatic nitrogens is 1. The lowest BCUT2D eigenvalue weighted by Gasteiger charge is -1.88. The Labute approximate surface area is 78.5 Å². The summed E-state index contributed by atoms with van der Waals surface area (Å²) in [6.07, 6.45) is 2.26. The van der Waals surface area contributed by atoms with Gasteiger partial charge in [0.1, 0.15) is 0 Å². The zero-order chi connectivity index (χ0) is 10.3. The molecular weight excluding hydrogens is 186 g/mol. The predicted molar refractivity (Wildman–Crippen MR) is 47.5 cm³/mol. The molecule has 0 spiro atoms. The Kier molecular flexibility index (Phi) is 1.67. The van der Waals surface area contributed by atoms with Crippen molar-refractivity contribution in [2.45, 2.75) is 0 Å². The van der Waals surface area contributed by atoms with Crippen LogP contribution in [0.25, 0.3) is 11.1 Å². The molecule has 0 amide bonds. The van der Waals surface area contributed by atoms with Crippen molar-refractivity contribution in [2.75, 3.05) is 0 Å². The molecular formula is C9H7NO4. The summed E-state index contributed by atoms with van der Waals surface area (Å²) in [5.41, 5.74) is 0.822. The fourth-order valence-corrected chi connectivity index (χ4v) is 1.39. The van der Waals surface area contributed by atoms with Gasteiger partial charge in [0.15, 0.2) is 6.29 Å². The highest BCUT2D eigenvalue weighted by Crippen LogP contribution is 2.23. The van der Waals surface area contributed by atoms with E-state index in [2.05, 4.69) is 0 Å². The van der Waals surface area contributed by atoms with Crippen LogP contribution in [0.3, 0.4) is 0 Å². The average molecular weight is 193 g/mol. The molecule has 0 saturated carbocycles. The van der Waals surface area contributed by atoms with Crippen LogP contribution in [0.4, 0.5) is 0 Å². The first-order valence-electron chi connectivity index (χ1n) is 3.91. The first-order valence-corrected chi connectivity index (χ1v) is 3.91. The molecule has 2 aromatic rings. The largest absolute Gasteiger partial charge is 0.475 e. The van der Waals surface area contributed by atoms with E-state index < -0.39 is 5.97 Å². The Bertz CT molecular complexity index is 520. The lowest BCUT2D eigenvalue weighted by Crippen LogP contribution is -1.92. The number of hydrogen-bond acceptors (Lipinski definition) is 3. The zero-order valence-electron chi connectivity index (χ0n) is 7.35. The maximum Gasteiger partial charge on any atom is 0.371 e. The lowest BCUT2D eigenvalue weighted by atomic mass is 10.2. The number of aromatic carboxylic acids is 1. The number of carbonyl (C=O) groups is 2. The molecule has 2 heterocycles. The molecule has 0 aromatic carbocycles. The maximum absolute atomic E-state index is 10.6. The van der Waals surface area contributed by atoms with E-state index in [0.29, 0.717) is 22.9 Å². The van der Waals surface area contributed by atoms with Gasteiger partial charge in [-0.2, -0.15) is 0 Å². The summed E-state index contributed by atoms with van der Waals surface area (Å²) in [5, 5.41) is 9.20. The minimum Gasteiger partial charge on any atom is -0.475 e. The third-order valence-electron chi connectivity index (χ3n) is 2.01. The van der Waals surface area contributed by atoms with Crippen molar-refractivity contribution in [2.24, 2.45) is 7.05 Å². The van der Waals surface area contributed by atoms with Crippen molar-refractivity contribution in [3.63, 3.8) is 0 Å². The quantitative estimate of drug-likeness (QED) is 0.729. The third-order valence-corrected chi connectivity index (χ3v) is 2.01. The summed E-state index contributed by atoms with van der Waals surface area (Å²) in [7, 11) is 1.68. The first kappa shape index (κ1) is 8.55. The second-order valence-electron chi connectivity index (χ2n) is 2.95. The summed E-state index contributed by atoms with van der Waals surface area (Å²) >= 11 is 0. The molecule has 72 valence electrons. The number of fused-ring (bicyclic) bond motifs is 1. The van der Waals surface area contributed by atoms with Crippen molar-refractivity contribution < 1.29 is 19.1 Å². The monoisotopic (exact) mass is 193 g/mol. The Hall–Kier alpha value is -2.04. The van der Waals surface area contributed by atoms with Gasteiger partial charge in [0.25, 0.3) is 0 Å². The molecule has 0 atom stereocenters. The highest BCUT2D eigenvalue weighted by atomic mass is 16.4. The van der Waals surface area contributed by atoms with Gasteiger partial charge in [-0.25, -0.2) is 4.79 Å². The number of furan rings is 1. The number of carboxylic acids is 1. The fraction of sp³-hybridized carbons (Fsp3) is 0.111. The predicted octanol–water partition coefficient (Wildman–Crippen LogP) is 1.28. The topological polar surface area (TPSA) is 72.4 Å². The number of aryl methyl sites for hydroxylation is 1. The number of carbonyl (C=O) groups excluding carboxylic acids is 1. The molecule has 0 fully saturated rings. The molecule has 0 radical (unpaired) electrons. The smallest absolute Gasteiger partial charge is 0.371 e. The van der Waals surface area contributed by atoms with E-state index >= 15 is 0 Å². The normalized spacial score (nSPS) is 10.6. The summed E-state index contributed by atoms with van der Waals surface area (Å²) < 4.78 is 6.62. The molecule has 0 aliphatic carbocycles. The van der Waals surface area contributed by atoms with Crippen molar-refractivity contribution >= 4 is 23.4 Å². The maximum atomic E-state index is 10.6. The minimum absolute atomic E-state index is 0.158. The van der Waals surface area contributed by atoms with Gasteiger partial charge in [0, 0.05) is 24.9 Å². The van der Waals surface area contributed by atoms with Gasteiger partial charge >= 0.3 is 5.97 Å². The molecule has 0 unspecified atom stereocenters. The highest BCUT2D eigenvalue weighted by Gasteiger charge is 2.15. The minimum atomic E-state index is -1.14. The summed E-state index contributed by atoms with van der Waals surface area (Å²) in [5.74, 6) is -1.30. The number of aldehydes is 1. The fourth-order valence-electron chi connectivity index (χ4n) is 1.39. The van der Waals surface area contributed by atoms with Crippen LogP contribution < -0.4 is 0 Å². The Balaban J connectivity index is 2.76. The second-order valence-corrected chi connectivity index (χ2v) is 2.95. The molecule has 0 saturated heterocycles. The Morgan fingerprint density at radius 3 is 2.93 bits per heavy atom. The second kappa shape index (κ2) is 2.73. The number of rotatable bonds is 2. The van der Waals surface area contributed by atoms with Gasteiger partial charge in [0.2, 0.25) is 11.5 Å². The van der Waals surface area contributed by atoms with E-state index in [-0.39, 0.29) is 5.76 Å². The van der Waals surface area contributed by atoms with Crippen LogP contribution in [0.5, 0.6) is 0 Å². The molecule has 5 nitrogen and oxygen atoms in total. The number of carboxylic acid groups (broad SMARTS) is 1. The van der Waals surface area contributed by atoms with Crippen LogP contribution in [0.1, 0.15) is 20.9 Å². The van der Waals surface area contributed by atoms with E-state index in [1.807, 2.05) is 0 Å². The Morgan fingerprint density at radius 1 is 1.64 bits per heavy atom.